The zero-order valence-corrected chi connectivity index (χ0v) is 22.4. The minimum Gasteiger partial charge on any atom is -0.397 e. The second-order valence-corrected chi connectivity index (χ2v) is 9.16. The molecule has 6 N–H and O–H groups in total. The lowest BCUT2D eigenvalue weighted by Gasteiger charge is -2.07. The number of hydrogen-bond acceptors (Lipinski definition) is 6. The summed E-state index contributed by atoms with van der Waals surface area (Å²) in [5.74, 6) is 0.0665. The van der Waals surface area contributed by atoms with E-state index in [2.05, 4.69) is 31.5 Å². The number of nitrogens with two attached hydrogens (primary N) is 3. The summed E-state index contributed by atoms with van der Waals surface area (Å²) in [7, 11) is 0. The lowest BCUT2D eigenvalue weighted by molar-refractivity contribution is 0.101. The van der Waals surface area contributed by atoms with Gasteiger partial charge < -0.3 is 17.2 Å². The highest BCUT2D eigenvalue weighted by atomic mass is 32.1. The van der Waals surface area contributed by atoms with Crippen molar-refractivity contribution in [3.8, 4) is 11.3 Å². The molecule has 0 amide bonds. The fourth-order valence-corrected chi connectivity index (χ4v) is 3.44. The van der Waals surface area contributed by atoms with Crippen molar-refractivity contribution in [1.29, 1.82) is 0 Å². The van der Waals surface area contributed by atoms with E-state index in [1.54, 1.807) is 37.4 Å². The molecule has 1 saturated carbocycles. The topological polar surface area (TPSA) is 108 Å². The number of Topliss-reactive ketones (excluding diaryl/α,β-unsaturated/α-hetero) is 1. The quantitative estimate of drug-likeness (QED) is 0.127. The number of aromatic nitrogens is 1. The maximum Gasteiger partial charge on any atom is 0.159 e. The van der Waals surface area contributed by atoms with Gasteiger partial charge in [-0.3, -0.25) is 9.78 Å². The van der Waals surface area contributed by atoms with E-state index in [1.165, 1.54) is 32.1 Å². The molecule has 0 saturated heterocycles. The van der Waals surface area contributed by atoms with Gasteiger partial charge in [-0.05, 0) is 30.5 Å². The monoisotopic (exact) mass is 502 g/mol. The van der Waals surface area contributed by atoms with Gasteiger partial charge in [0.15, 0.2) is 5.78 Å². The Morgan fingerprint density at radius 1 is 0.861 bits per heavy atom. The molecule has 0 atom stereocenters. The number of nitrogens with zero attached hydrogens (tertiary/aromatic N) is 1. The second kappa shape index (κ2) is 14.8. The van der Waals surface area contributed by atoms with Crippen LogP contribution in [0.2, 0.25) is 0 Å². The van der Waals surface area contributed by atoms with Crippen molar-refractivity contribution in [2.75, 3.05) is 17.2 Å². The Labute approximate surface area is 220 Å². The molecule has 5 nitrogen and oxygen atoms in total. The Kier molecular flexibility index (Phi) is 11.8. The summed E-state index contributed by atoms with van der Waals surface area (Å²) in [5.41, 5.74) is 21.5. The summed E-state index contributed by atoms with van der Waals surface area (Å²) in [6, 6.07) is 20.6. The smallest absolute Gasteiger partial charge is 0.159 e. The largest absolute Gasteiger partial charge is 0.397 e. The SMILES string of the molecule is C1CCC1.CC(=O)c1ccc(-c2ccc(N)cn2)cc1.CCC.Nc1cc(S)c2ccccc2c1N. The Balaban J connectivity index is 0.000000203. The number of ketones is 1. The van der Waals surface area contributed by atoms with E-state index < -0.39 is 0 Å². The van der Waals surface area contributed by atoms with Crippen LogP contribution in [0.25, 0.3) is 22.0 Å². The van der Waals surface area contributed by atoms with Gasteiger partial charge in [0.25, 0.3) is 0 Å². The fraction of sp³-hybridized carbons (Fsp3) is 0.267. The first-order valence-corrected chi connectivity index (χ1v) is 12.8. The molecular weight excluding hydrogens is 464 g/mol. The number of carbonyl (C=O) groups is 1. The fourth-order valence-electron chi connectivity index (χ4n) is 3.10. The Morgan fingerprint density at radius 2 is 1.42 bits per heavy atom. The number of thiol groups is 1. The summed E-state index contributed by atoms with van der Waals surface area (Å²) >= 11 is 4.33. The lowest BCUT2D eigenvalue weighted by atomic mass is 10.0. The molecule has 0 bridgehead atoms. The van der Waals surface area contributed by atoms with Crippen LogP contribution in [-0.2, 0) is 0 Å². The molecule has 1 fully saturated rings. The highest BCUT2D eigenvalue weighted by molar-refractivity contribution is 7.80. The Bertz CT molecular complexity index is 1230. The van der Waals surface area contributed by atoms with Gasteiger partial charge in [-0.25, -0.2) is 0 Å². The molecule has 4 aromatic rings. The minimum atomic E-state index is 0.0665. The van der Waals surface area contributed by atoms with E-state index in [4.69, 9.17) is 17.2 Å². The summed E-state index contributed by atoms with van der Waals surface area (Å²) in [4.78, 5) is 16.2. The van der Waals surface area contributed by atoms with Crippen molar-refractivity contribution < 1.29 is 4.79 Å². The van der Waals surface area contributed by atoms with Gasteiger partial charge in [-0.1, -0.05) is 94.5 Å². The van der Waals surface area contributed by atoms with Crippen LogP contribution in [0.4, 0.5) is 17.1 Å². The highest BCUT2D eigenvalue weighted by Crippen LogP contribution is 2.31. The van der Waals surface area contributed by atoms with Crippen molar-refractivity contribution >= 4 is 46.2 Å². The van der Waals surface area contributed by atoms with Crippen molar-refractivity contribution in [3.05, 3.63) is 78.5 Å². The number of rotatable bonds is 2. The summed E-state index contributed by atoms with van der Waals surface area (Å²) in [6.07, 6.45) is 8.87. The zero-order chi connectivity index (χ0) is 26.5. The molecule has 3 aromatic carbocycles. The standard InChI is InChI=1S/C13H12N2O.C10H10N2S.C4H8.C3H8/c1-9(16)10-2-4-11(5-3-10)13-7-6-12(14)8-15-13;11-8-5-9(13)6-3-1-2-4-7(6)10(8)12;1-2-4-3-1;1-3-2/h2-8H,14H2,1H3;1-5,13H,11-12H2;1-4H2;3H2,1-2H3. The molecule has 36 heavy (non-hydrogen) atoms. The number of benzene rings is 3. The van der Waals surface area contributed by atoms with Crippen LogP contribution < -0.4 is 17.2 Å². The number of nitrogen functional groups attached to an aromatic ring is 3. The second-order valence-electron chi connectivity index (χ2n) is 8.68. The summed E-state index contributed by atoms with van der Waals surface area (Å²) in [5, 5.41) is 2.00. The Morgan fingerprint density at radius 3 is 1.89 bits per heavy atom. The third-order valence-electron chi connectivity index (χ3n) is 5.47. The molecular formula is C30H38N4OS. The third-order valence-corrected chi connectivity index (χ3v) is 5.84. The lowest BCUT2D eigenvalue weighted by Crippen LogP contribution is -1.95. The number of anilines is 3. The maximum atomic E-state index is 11.1. The minimum absolute atomic E-state index is 0.0665. The van der Waals surface area contributed by atoms with Crippen LogP contribution in [0.3, 0.4) is 0 Å². The molecule has 6 heteroatoms. The van der Waals surface area contributed by atoms with Crippen molar-refractivity contribution in [1.82, 2.24) is 4.98 Å². The van der Waals surface area contributed by atoms with Gasteiger partial charge in [0.2, 0.25) is 0 Å². The molecule has 1 heterocycles. The summed E-state index contributed by atoms with van der Waals surface area (Å²) in [6.45, 7) is 5.80. The van der Waals surface area contributed by atoms with Crippen molar-refractivity contribution in [3.63, 3.8) is 0 Å². The van der Waals surface area contributed by atoms with E-state index in [9.17, 15) is 4.79 Å². The van der Waals surface area contributed by atoms with Crippen LogP contribution in [0.15, 0.2) is 77.8 Å². The molecule has 1 aliphatic rings. The molecule has 5 rings (SSSR count). The Hall–Kier alpha value is -3.51. The first kappa shape index (κ1) is 28.7. The van der Waals surface area contributed by atoms with Gasteiger partial charge in [0, 0.05) is 21.4 Å². The van der Waals surface area contributed by atoms with E-state index in [1.807, 2.05) is 42.5 Å². The molecule has 0 radical (unpaired) electrons. The normalized spacial score (nSPS) is 11.4. The zero-order valence-electron chi connectivity index (χ0n) is 21.5. The molecule has 1 aliphatic carbocycles. The average Bonchev–Trinajstić information content (AvgIpc) is 2.83. The predicted molar refractivity (Wildman–Crippen MR) is 159 cm³/mol. The third kappa shape index (κ3) is 8.61. The van der Waals surface area contributed by atoms with Gasteiger partial charge in [-0.2, -0.15) is 0 Å². The highest BCUT2D eigenvalue weighted by Gasteiger charge is 2.04. The van der Waals surface area contributed by atoms with Gasteiger partial charge >= 0.3 is 0 Å². The van der Waals surface area contributed by atoms with Crippen LogP contribution in [0.5, 0.6) is 0 Å². The van der Waals surface area contributed by atoms with Gasteiger partial charge in [-0.15, -0.1) is 12.6 Å². The van der Waals surface area contributed by atoms with Crippen molar-refractivity contribution in [2.24, 2.45) is 0 Å². The molecule has 190 valence electrons. The van der Waals surface area contributed by atoms with Gasteiger partial charge in [0.1, 0.15) is 0 Å². The predicted octanol–water partition coefficient (Wildman–Crippen LogP) is 7.80. The number of carbonyl (C=O) groups excluding carboxylic acids is 1. The van der Waals surface area contributed by atoms with Crippen LogP contribution in [-0.4, -0.2) is 10.8 Å². The maximum absolute atomic E-state index is 11.1. The number of pyridine rings is 1. The number of fused-ring (bicyclic) bond motifs is 1. The first-order valence-electron chi connectivity index (χ1n) is 12.4. The van der Waals surface area contributed by atoms with Crippen LogP contribution in [0.1, 0.15) is 63.2 Å². The van der Waals surface area contributed by atoms with Crippen LogP contribution >= 0.6 is 12.6 Å². The first-order chi connectivity index (χ1) is 17.3. The number of hydrogen-bond donors (Lipinski definition) is 4. The molecule has 0 unspecified atom stereocenters. The average molecular weight is 503 g/mol. The van der Waals surface area contributed by atoms with E-state index in [0.29, 0.717) is 22.6 Å². The van der Waals surface area contributed by atoms with E-state index in [0.717, 1.165) is 26.9 Å². The van der Waals surface area contributed by atoms with Gasteiger partial charge in [0.05, 0.1) is 29.0 Å². The van der Waals surface area contributed by atoms with E-state index >= 15 is 0 Å². The molecule has 0 spiro atoms. The van der Waals surface area contributed by atoms with Crippen LogP contribution in [0, 0.1) is 0 Å². The van der Waals surface area contributed by atoms with Crippen molar-refractivity contribution in [2.45, 2.75) is 57.8 Å². The molecule has 1 aromatic heterocycles. The van der Waals surface area contributed by atoms with E-state index in [-0.39, 0.29) is 5.78 Å². The summed E-state index contributed by atoms with van der Waals surface area (Å²) < 4.78 is 0. The molecule has 0 aliphatic heterocycles.